The minimum absolute atomic E-state index is 0.284. The highest BCUT2D eigenvalue weighted by Crippen LogP contribution is 2.21. The molecular formula is C13H27NO. The van der Waals surface area contributed by atoms with Crippen LogP contribution in [0.5, 0.6) is 0 Å². The summed E-state index contributed by atoms with van der Waals surface area (Å²) in [6, 6.07) is 0.621. The average molecular weight is 213 g/mol. The van der Waals surface area contributed by atoms with Crippen LogP contribution in [-0.4, -0.2) is 24.8 Å². The van der Waals surface area contributed by atoms with Crippen LogP contribution in [0.1, 0.15) is 53.4 Å². The minimum Gasteiger partial charge on any atom is -0.381 e. The highest BCUT2D eigenvalue weighted by Gasteiger charge is 2.25. The van der Waals surface area contributed by atoms with Crippen molar-refractivity contribution < 1.29 is 4.74 Å². The molecule has 1 fully saturated rings. The molecule has 1 rings (SSSR count). The van der Waals surface area contributed by atoms with E-state index in [0.29, 0.717) is 6.04 Å². The van der Waals surface area contributed by atoms with E-state index in [9.17, 15) is 0 Å². The van der Waals surface area contributed by atoms with E-state index >= 15 is 0 Å². The SMILES string of the molecule is CCCC(C)(C)NC(C)C1CCOCC1. The first-order valence-corrected chi connectivity index (χ1v) is 6.40. The van der Waals surface area contributed by atoms with Crippen LogP contribution in [0.2, 0.25) is 0 Å². The van der Waals surface area contributed by atoms with E-state index in [1.165, 1.54) is 25.7 Å². The van der Waals surface area contributed by atoms with Crippen LogP contribution in [0.25, 0.3) is 0 Å². The summed E-state index contributed by atoms with van der Waals surface area (Å²) in [6.45, 7) is 11.1. The van der Waals surface area contributed by atoms with E-state index in [1.54, 1.807) is 0 Å². The van der Waals surface area contributed by atoms with Gasteiger partial charge in [-0.1, -0.05) is 13.3 Å². The highest BCUT2D eigenvalue weighted by atomic mass is 16.5. The van der Waals surface area contributed by atoms with E-state index in [1.807, 2.05) is 0 Å². The lowest BCUT2D eigenvalue weighted by molar-refractivity contribution is 0.0516. The number of hydrogen-bond acceptors (Lipinski definition) is 2. The average Bonchev–Trinajstić information content (AvgIpc) is 2.18. The van der Waals surface area contributed by atoms with Gasteiger partial charge < -0.3 is 10.1 Å². The second-order valence-corrected chi connectivity index (χ2v) is 5.52. The van der Waals surface area contributed by atoms with Gasteiger partial charge in [-0.2, -0.15) is 0 Å². The molecule has 1 aliphatic rings. The first-order chi connectivity index (χ1) is 7.05. The molecular weight excluding hydrogens is 186 g/mol. The third-order valence-corrected chi connectivity index (χ3v) is 3.47. The van der Waals surface area contributed by atoms with Gasteiger partial charge in [0.1, 0.15) is 0 Å². The van der Waals surface area contributed by atoms with Gasteiger partial charge in [-0.25, -0.2) is 0 Å². The van der Waals surface area contributed by atoms with Gasteiger partial charge in [0.25, 0.3) is 0 Å². The lowest BCUT2D eigenvalue weighted by atomic mass is 9.89. The van der Waals surface area contributed by atoms with Crippen LogP contribution in [0.15, 0.2) is 0 Å². The van der Waals surface area contributed by atoms with Crippen LogP contribution < -0.4 is 5.32 Å². The predicted molar refractivity (Wildman–Crippen MR) is 65.1 cm³/mol. The molecule has 0 saturated carbocycles. The van der Waals surface area contributed by atoms with E-state index in [0.717, 1.165) is 19.1 Å². The molecule has 0 aromatic heterocycles. The quantitative estimate of drug-likeness (QED) is 0.758. The van der Waals surface area contributed by atoms with Gasteiger partial charge in [0.15, 0.2) is 0 Å². The molecule has 0 aromatic carbocycles. The largest absolute Gasteiger partial charge is 0.381 e. The normalized spacial score (nSPS) is 21.6. The van der Waals surface area contributed by atoms with Gasteiger partial charge in [-0.15, -0.1) is 0 Å². The fourth-order valence-electron chi connectivity index (χ4n) is 2.65. The van der Waals surface area contributed by atoms with Crippen LogP contribution >= 0.6 is 0 Å². The molecule has 0 radical (unpaired) electrons. The molecule has 2 heteroatoms. The highest BCUT2D eigenvalue weighted by molar-refractivity contribution is 4.84. The van der Waals surface area contributed by atoms with Crippen molar-refractivity contribution in [2.75, 3.05) is 13.2 Å². The van der Waals surface area contributed by atoms with Gasteiger partial charge in [-0.3, -0.25) is 0 Å². The monoisotopic (exact) mass is 213 g/mol. The topological polar surface area (TPSA) is 21.3 Å². The number of ether oxygens (including phenoxy) is 1. The maximum absolute atomic E-state index is 5.40. The summed E-state index contributed by atoms with van der Waals surface area (Å²) >= 11 is 0. The molecule has 1 N–H and O–H groups in total. The van der Waals surface area contributed by atoms with Crippen molar-refractivity contribution in [3.63, 3.8) is 0 Å². The Balaban J connectivity index is 2.35. The second-order valence-electron chi connectivity index (χ2n) is 5.52. The summed E-state index contributed by atoms with van der Waals surface area (Å²) in [5.41, 5.74) is 0.284. The molecule has 1 unspecified atom stereocenters. The maximum Gasteiger partial charge on any atom is 0.0469 e. The standard InChI is InChI=1S/C13H27NO/c1-5-8-13(3,4)14-11(2)12-6-9-15-10-7-12/h11-12,14H,5-10H2,1-4H3. The Morgan fingerprint density at radius 3 is 2.47 bits per heavy atom. The summed E-state index contributed by atoms with van der Waals surface area (Å²) in [4.78, 5) is 0. The fourth-order valence-corrected chi connectivity index (χ4v) is 2.65. The summed E-state index contributed by atoms with van der Waals surface area (Å²) < 4.78 is 5.40. The van der Waals surface area contributed by atoms with Gasteiger partial charge in [0.05, 0.1) is 0 Å². The van der Waals surface area contributed by atoms with Crippen molar-refractivity contribution in [2.45, 2.75) is 65.0 Å². The van der Waals surface area contributed by atoms with Crippen LogP contribution in [0.3, 0.4) is 0 Å². The number of nitrogens with one attached hydrogen (secondary N) is 1. The molecule has 0 aliphatic carbocycles. The van der Waals surface area contributed by atoms with Crippen molar-refractivity contribution in [3.05, 3.63) is 0 Å². The molecule has 0 amide bonds. The molecule has 0 aromatic rings. The summed E-state index contributed by atoms with van der Waals surface area (Å²) in [5, 5.41) is 3.77. The molecule has 15 heavy (non-hydrogen) atoms. The Hall–Kier alpha value is -0.0800. The Labute approximate surface area is 94.8 Å². The summed E-state index contributed by atoms with van der Waals surface area (Å²) in [7, 11) is 0. The zero-order valence-electron chi connectivity index (χ0n) is 10.8. The van der Waals surface area contributed by atoms with Crippen molar-refractivity contribution in [2.24, 2.45) is 5.92 Å². The summed E-state index contributed by atoms with van der Waals surface area (Å²) in [5.74, 6) is 0.801. The Morgan fingerprint density at radius 1 is 1.33 bits per heavy atom. The van der Waals surface area contributed by atoms with Crippen LogP contribution in [0, 0.1) is 5.92 Å². The fraction of sp³-hybridized carbons (Fsp3) is 1.00. The van der Waals surface area contributed by atoms with Gasteiger partial charge in [-0.05, 0) is 46.0 Å². The Bertz CT molecular complexity index is 173. The van der Waals surface area contributed by atoms with Gasteiger partial charge >= 0.3 is 0 Å². The zero-order chi connectivity index (χ0) is 11.3. The molecule has 0 spiro atoms. The van der Waals surface area contributed by atoms with Gasteiger partial charge in [0, 0.05) is 24.8 Å². The van der Waals surface area contributed by atoms with Crippen LogP contribution in [-0.2, 0) is 4.74 Å². The first-order valence-electron chi connectivity index (χ1n) is 6.40. The number of rotatable bonds is 5. The molecule has 1 heterocycles. The van der Waals surface area contributed by atoms with E-state index in [2.05, 4.69) is 33.0 Å². The smallest absolute Gasteiger partial charge is 0.0469 e. The van der Waals surface area contributed by atoms with Crippen molar-refractivity contribution in [3.8, 4) is 0 Å². The van der Waals surface area contributed by atoms with E-state index in [4.69, 9.17) is 4.74 Å². The molecule has 0 bridgehead atoms. The predicted octanol–water partition coefficient (Wildman–Crippen LogP) is 2.97. The molecule has 1 aliphatic heterocycles. The lowest BCUT2D eigenvalue weighted by Crippen LogP contribution is -2.48. The Kier molecular flexibility index (Phi) is 5.07. The third kappa shape index (κ3) is 4.52. The van der Waals surface area contributed by atoms with Gasteiger partial charge in [0.2, 0.25) is 0 Å². The second kappa shape index (κ2) is 5.86. The van der Waals surface area contributed by atoms with Crippen molar-refractivity contribution in [1.29, 1.82) is 0 Å². The maximum atomic E-state index is 5.40. The Morgan fingerprint density at radius 2 is 1.93 bits per heavy atom. The third-order valence-electron chi connectivity index (χ3n) is 3.47. The zero-order valence-corrected chi connectivity index (χ0v) is 10.8. The van der Waals surface area contributed by atoms with E-state index in [-0.39, 0.29) is 5.54 Å². The number of hydrogen-bond donors (Lipinski definition) is 1. The lowest BCUT2D eigenvalue weighted by Gasteiger charge is -2.35. The first kappa shape index (κ1) is 13.0. The van der Waals surface area contributed by atoms with E-state index < -0.39 is 0 Å². The molecule has 1 atom stereocenters. The molecule has 2 nitrogen and oxygen atoms in total. The summed E-state index contributed by atoms with van der Waals surface area (Å²) in [6.07, 6.45) is 4.94. The van der Waals surface area contributed by atoms with Crippen molar-refractivity contribution >= 4 is 0 Å². The molecule has 90 valence electrons. The van der Waals surface area contributed by atoms with Crippen molar-refractivity contribution in [1.82, 2.24) is 5.32 Å². The van der Waals surface area contributed by atoms with Crippen LogP contribution in [0.4, 0.5) is 0 Å². The minimum atomic E-state index is 0.284. The molecule has 1 saturated heterocycles.